The quantitative estimate of drug-likeness (QED) is 0.415. The molecular weight excluding hydrogens is 184 g/mol. The SMILES string of the molecule is [CH2-]CCCC(CC)OCC.[Cl-].[Mg+2]. The van der Waals surface area contributed by atoms with Crippen molar-refractivity contribution in [1.82, 2.24) is 0 Å². The van der Waals surface area contributed by atoms with Gasteiger partial charge in [-0.1, -0.05) is 13.3 Å². The van der Waals surface area contributed by atoms with Crippen molar-refractivity contribution in [1.29, 1.82) is 0 Å². The molecule has 1 unspecified atom stereocenters. The molecule has 12 heavy (non-hydrogen) atoms. The maximum Gasteiger partial charge on any atom is 2.00 e. The number of unbranched alkanes of at least 4 members (excludes halogenated alkanes) is 1. The zero-order valence-electron chi connectivity index (χ0n) is 8.31. The number of hydrogen-bond acceptors (Lipinski definition) is 1. The summed E-state index contributed by atoms with van der Waals surface area (Å²) in [6.07, 6.45) is 5.01. The first-order chi connectivity index (χ1) is 4.85. The second-order valence-electron chi connectivity index (χ2n) is 2.48. The molecule has 0 aliphatic heterocycles. The minimum atomic E-state index is 0. The van der Waals surface area contributed by atoms with Gasteiger partial charge in [0.15, 0.2) is 0 Å². The minimum Gasteiger partial charge on any atom is -1.00 e. The van der Waals surface area contributed by atoms with E-state index in [9.17, 15) is 0 Å². The Balaban J connectivity index is -0.000000405. The molecule has 0 spiro atoms. The predicted molar refractivity (Wildman–Crippen MR) is 50.7 cm³/mol. The fourth-order valence-corrected chi connectivity index (χ4v) is 1.01. The van der Waals surface area contributed by atoms with Crippen LogP contribution in [0.4, 0.5) is 0 Å². The standard InChI is InChI=1S/C9H19O.ClH.Mg/c1-4-7-8-9(5-2)10-6-3;;/h9H,1,4-8H2,2-3H3;1H;/q-1;;+2/p-1. The Bertz CT molecular complexity index is 71.5. The molecule has 0 aromatic rings. The number of halogens is 1. The first kappa shape index (κ1) is 18.7. The first-order valence-corrected chi connectivity index (χ1v) is 4.26. The minimum absolute atomic E-state index is 0. The molecule has 3 heteroatoms. The fraction of sp³-hybridized carbons (Fsp3) is 0.889. The van der Waals surface area contributed by atoms with E-state index >= 15 is 0 Å². The molecule has 0 radical (unpaired) electrons. The second-order valence-corrected chi connectivity index (χ2v) is 2.48. The van der Waals surface area contributed by atoms with Gasteiger partial charge in [0.05, 0.1) is 6.10 Å². The molecule has 0 aromatic heterocycles. The van der Waals surface area contributed by atoms with Gasteiger partial charge in [0.1, 0.15) is 0 Å². The van der Waals surface area contributed by atoms with E-state index in [1.165, 1.54) is 12.8 Å². The zero-order valence-corrected chi connectivity index (χ0v) is 10.5. The van der Waals surface area contributed by atoms with Crippen molar-refractivity contribution in [2.24, 2.45) is 0 Å². The van der Waals surface area contributed by atoms with Crippen LogP contribution in [-0.2, 0) is 4.74 Å². The fourth-order valence-electron chi connectivity index (χ4n) is 1.01. The molecule has 0 heterocycles. The van der Waals surface area contributed by atoms with Crippen LogP contribution in [0, 0.1) is 6.92 Å². The molecule has 0 fully saturated rings. The van der Waals surface area contributed by atoms with Gasteiger partial charge in [-0.15, -0.1) is 0 Å². The van der Waals surface area contributed by atoms with Crippen molar-refractivity contribution in [2.45, 2.75) is 45.6 Å². The molecule has 70 valence electrons. The molecule has 0 aliphatic carbocycles. The number of ether oxygens (including phenoxy) is 1. The smallest absolute Gasteiger partial charge is 1.00 e. The van der Waals surface area contributed by atoms with Crippen molar-refractivity contribution >= 4 is 23.1 Å². The molecule has 0 saturated heterocycles. The molecule has 0 aliphatic rings. The Kier molecular flexibility index (Phi) is 22.7. The molecule has 0 amide bonds. The van der Waals surface area contributed by atoms with Crippen molar-refractivity contribution < 1.29 is 17.1 Å². The Morgan fingerprint density at radius 3 is 2.25 bits per heavy atom. The molecular formula is C9H19ClMgO. The van der Waals surface area contributed by atoms with Crippen molar-refractivity contribution in [3.05, 3.63) is 6.92 Å². The molecule has 0 bridgehead atoms. The van der Waals surface area contributed by atoms with E-state index < -0.39 is 0 Å². The number of hydrogen-bond donors (Lipinski definition) is 0. The maximum atomic E-state index is 5.47. The zero-order chi connectivity index (χ0) is 7.82. The first-order valence-electron chi connectivity index (χ1n) is 4.26. The average Bonchev–Trinajstić information content (AvgIpc) is 1.98. The molecule has 0 saturated carbocycles. The van der Waals surface area contributed by atoms with Crippen LogP contribution in [0.5, 0.6) is 0 Å². The van der Waals surface area contributed by atoms with Crippen LogP contribution in [0.2, 0.25) is 0 Å². The third-order valence-electron chi connectivity index (χ3n) is 1.63. The van der Waals surface area contributed by atoms with Gasteiger partial charge in [0.25, 0.3) is 0 Å². The molecule has 1 atom stereocenters. The molecule has 0 rings (SSSR count). The van der Waals surface area contributed by atoms with Crippen LogP contribution < -0.4 is 12.4 Å². The van der Waals surface area contributed by atoms with E-state index in [1.54, 1.807) is 0 Å². The van der Waals surface area contributed by atoms with Gasteiger partial charge < -0.3 is 24.1 Å². The summed E-state index contributed by atoms with van der Waals surface area (Å²) in [5, 5.41) is 0. The van der Waals surface area contributed by atoms with Gasteiger partial charge in [0.2, 0.25) is 0 Å². The summed E-state index contributed by atoms with van der Waals surface area (Å²) in [6.45, 7) is 8.86. The van der Waals surface area contributed by atoms with Crippen LogP contribution >= 0.6 is 0 Å². The maximum absolute atomic E-state index is 5.47. The van der Waals surface area contributed by atoms with E-state index in [0.29, 0.717) is 6.10 Å². The largest absolute Gasteiger partial charge is 2.00 e. The Labute approximate surface area is 99.2 Å². The number of rotatable bonds is 6. The van der Waals surface area contributed by atoms with Crippen LogP contribution in [0.15, 0.2) is 0 Å². The molecule has 0 N–H and O–H groups in total. The van der Waals surface area contributed by atoms with E-state index in [2.05, 4.69) is 13.8 Å². The van der Waals surface area contributed by atoms with Gasteiger partial charge >= 0.3 is 23.1 Å². The Hall–Kier alpha value is 1.02. The van der Waals surface area contributed by atoms with Gasteiger partial charge in [-0.3, -0.25) is 0 Å². The molecule has 1 nitrogen and oxygen atoms in total. The van der Waals surface area contributed by atoms with Crippen LogP contribution in [-0.4, -0.2) is 35.8 Å². The summed E-state index contributed by atoms with van der Waals surface area (Å²) in [7, 11) is 0. The Morgan fingerprint density at radius 2 is 1.92 bits per heavy atom. The van der Waals surface area contributed by atoms with Gasteiger partial charge in [0, 0.05) is 6.61 Å². The van der Waals surface area contributed by atoms with Crippen LogP contribution in [0.1, 0.15) is 39.5 Å². The monoisotopic (exact) mass is 202 g/mol. The van der Waals surface area contributed by atoms with E-state index in [0.717, 1.165) is 19.4 Å². The Morgan fingerprint density at radius 1 is 1.33 bits per heavy atom. The third kappa shape index (κ3) is 11.0. The summed E-state index contributed by atoms with van der Waals surface area (Å²) in [4.78, 5) is 0. The molecule has 0 aromatic carbocycles. The van der Waals surface area contributed by atoms with E-state index in [-0.39, 0.29) is 35.5 Å². The van der Waals surface area contributed by atoms with Gasteiger partial charge in [-0.2, -0.15) is 6.42 Å². The topological polar surface area (TPSA) is 9.23 Å². The van der Waals surface area contributed by atoms with Crippen LogP contribution in [0.3, 0.4) is 0 Å². The average molecular weight is 203 g/mol. The summed E-state index contributed by atoms with van der Waals surface area (Å²) >= 11 is 0. The third-order valence-corrected chi connectivity index (χ3v) is 1.63. The van der Waals surface area contributed by atoms with Crippen molar-refractivity contribution in [3.63, 3.8) is 0 Å². The van der Waals surface area contributed by atoms with Crippen molar-refractivity contribution in [3.8, 4) is 0 Å². The van der Waals surface area contributed by atoms with Crippen LogP contribution in [0.25, 0.3) is 0 Å². The van der Waals surface area contributed by atoms with Gasteiger partial charge in [-0.25, -0.2) is 0 Å². The van der Waals surface area contributed by atoms with E-state index in [4.69, 9.17) is 4.74 Å². The van der Waals surface area contributed by atoms with Crippen molar-refractivity contribution in [2.75, 3.05) is 6.61 Å². The second kappa shape index (κ2) is 14.5. The summed E-state index contributed by atoms with van der Waals surface area (Å²) in [5.74, 6) is 0. The summed E-state index contributed by atoms with van der Waals surface area (Å²) < 4.78 is 5.47. The summed E-state index contributed by atoms with van der Waals surface area (Å²) in [5.41, 5.74) is 0. The summed E-state index contributed by atoms with van der Waals surface area (Å²) in [6, 6.07) is 0. The predicted octanol–water partition coefficient (Wildman–Crippen LogP) is -0.571. The van der Waals surface area contributed by atoms with Gasteiger partial charge in [-0.05, 0) is 19.8 Å². The van der Waals surface area contributed by atoms with E-state index in [1.807, 2.05) is 6.92 Å². The normalized spacial score (nSPS) is 11.2.